The maximum atomic E-state index is 5.56. The van der Waals surface area contributed by atoms with E-state index in [0.29, 0.717) is 12.1 Å². The number of nitrogens with zero attached hydrogens (tertiary/aromatic N) is 1. The fourth-order valence-electron chi connectivity index (χ4n) is 1.50. The molecule has 0 spiro atoms. The van der Waals surface area contributed by atoms with E-state index in [9.17, 15) is 0 Å². The molecule has 0 radical (unpaired) electrons. The first-order chi connectivity index (χ1) is 5.25. The van der Waals surface area contributed by atoms with Crippen LogP contribution < -0.4 is 0 Å². The molecule has 11 heavy (non-hydrogen) atoms. The summed E-state index contributed by atoms with van der Waals surface area (Å²) >= 11 is 0. The molecule has 1 saturated heterocycles. The van der Waals surface area contributed by atoms with Crippen LogP contribution in [0.1, 0.15) is 13.8 Å². The molecular weight excluding hydrogens is 138 g/mol. The van der Waals surface area contributed by atoms with Gasteiger partial charge in [0.1, 0.15) is 6.23 Å². The zero-order valence-corrected chi connectivity index (χ0v) is 7.42. The lowest BCUT2D eigenvalue weighted by Crippen LogP contribution is -2.34. The van der Waals surface area contributed by atoms with E-state index >= 15 is 0 Å². The first-order valence-corrected chi connectivity index (χ1v) is 4.22. The average molecular weight is 155 g/mol. The van der Waals surface area contributed by atoms with Gasteiger partial charge in [0.15, 0.2) is 0 Å². The molecule has 0 aromatic rings. The number of hydrogen-bond acceptors (Lipinski definition) is 2. The Kier molecular flexibility index (Phi) is 3.09. The Hall–Kier alpha value is -0.340. The Morgan fingerprint density at radius 1 is 1.73 bits per heavy atom. The van der Waals surface area contributed by atoms with E-state index in [-0.39, 0.29) is 0 Å². The molecule has 0 N–H and O–H groups in total. The van der Waals surface area contributed by atoms with E-state index in [1.165, 1.54) is 0 Å². The molecule has 0 saturated carbocycles. The Balaban J connectivity index is 2.43. The SMILES string of the molecule is C=CCN1CCOC1C(C)C. The third kappa shape index (κ3) is 2.04. The first kappa shape index (κ1) is 8.75. The van der Waals surface area contributed by atoms with Crippen molar-refractivity contribution < 1.29 is 4.74 Å². The summed E-state index contributed by atoms with van der Waals surface area (Å²) in [6.45, 7) is 11.0. The van der Waals surface area contributed by atoms with Gasteiger partial charge in [-0.2, -0.15) is 0 Å². The molecule has 0 aliphatic carbocycles. The second-order valence-corrected chi connectivity index (χ2v) is 3.29. The molecule has 1 aliphatic rings. The number of hydrogen-bond donors (Lipinski definition) is 0. The molecule has 1 fully saturated rings. The van der Waals surface area contributed by atoms with Crippen LogP contribution in [0.5, 0.6) is 0 Å². The second kappa shape index (κ2) is 3.88. The minimum absolute atomic E-state index is 0.313. The highest BCUT2D eigenvalue weighted by Gasteiger charge is 2.26. The standard InChI is InChI=1S/C9H17NO/c1-4-5-10-6-7-11-9(10)8(2)3/h4,8-9H,1,5-7H2,2-3H3. The number of ether oxygens (including phenoxy) is 1. The summed E-state index contributed by atoms with van der Waals surface area (Å²) in [7, 11) is 0. The monoisotopic (exact) mass is 155 g/mol. The van der Waals surface area contributed by atoms with Crippen molar-refractivity contribution in [1.82, 2.24) is 4.90 Å². The molecule has 0 aromatic carbocycles. The van der Waals surface area contributed by atoms with Crippen molar-refractivity contribution in [3.05, 3.63) is 12.7 Å². The molecule has 1 unspecified atom stereocenters. The van der Waals surface area contributed by atoms with Crippen LogP contribution >= 0.6 is 0 Å². The van der Waals surface area contributed by atoms with Crippen molar-refractivity contribution in [2.45, 2.75) is 20.1 Å². The van der Waals surface area contributed by atoms with E-state index < -0.39 is 0 Å². The molecule has 1 heterocycles. The predicted octanol–water partition coefficient (Wildman–Crippen LogP) is 1.49. The molecule has 64 valence electrons. The van der Waals surface area contributed by atoms with Crippen molar-refractivity contribution in [3.8, 4) is 0 Å². The van der Waals surface area contributed by atoms with Crippen LogP contribution in [0.25, 0.3) is 0 Å². The van der Waals surface area contributed by atoms with Gasteiger partial charge in [-0.3, -0.25) is 4.90 Å². The summed E-state index contributed by atoms with van der Waals surface area (Å²) in [6, 6.07) is 0. The van der Waals surface area contributed by atoms with E-state index in [2.05, 4.69) is 25.3 Å². The van der Waals surface area contributed by atoms with Crippen molar-refractivity contribution in [1.29, 1.82) is 0 Å². The highest BCUT2D eigenvalue weighted by atomic mass is 16.5. The third-order valence-corrected chi connectivity index (χ3v) is 1.96. The number of rotatable bonds is 3. The predicted molar refractivity (Wildman–Crippen MR) is 46.3 cm³/mol. The normalized spacial score (nSPS) is 26.3. The lowest BCUT2D eigenvalue weighted by molar-refractivity contribution is 0.00328. The van der Waals surface area contributed by atoms with Crippen LogP contribution in [0.15, 0.2) is 12.7 Å². The van der Waals surface area contributed by atoms with Crippen molar-refractivity contribution in [2.75, 3.05) is 19.7 Å². The lowest BCUT2D eigenvalue weighted by atomic mass is 10.2. The van der Waals surface area contributed by atoms with E-state index in [0.717, 1.165) is 19.7 Å². The Morgan fingerprint density at radius 2 is 2.45 bits per heavy atom. The zero-order valence-electron chi connectivity index (χ0n) is 7.42. The zero-order chi connectivity index (χ0) is 8.27. The van der Waals surface area contributed by atoms with Gasteiger partial charge < -0.3 is 4.74 Å². The van der Waals surface area contributed by atoms with Gasteiger partial charge in [0.05, 0.1) is 6.61 Å². The van der Waals surface area contributed by atoms with Gasteiger partial charge in [-0.25, -0.2) is 0 Å². The first-order valence-electron chi connectivity index (χ1n) is 4.22. The summed E-state index contributed by atoms with van der Waals surface area (Å²) in [6.07, 6.45) is 2.25. The molecule has 0 amide bonds. The minimum atomic E-state index is 0.313. The van der Waals surface area contributed by atoms with Crippen molar-refractivity contribution in [3.63, 3.8) is 0 Å². The van der Waals surface area contributed by atoms with Crippen LogP contribution in [0.4, 0.5) is 0 Å². The van der Waals surface area contributed by atoms with Gasteiger partial charge >= 0.3 is 0 Å². The summed E-state index contributed by atoms with van der Waals surface area (Å²) < 4.78 is 5.56. The van der Waals surface area contributed by atoms with Gasteiger partial charge in [0.25, 0.3) is 0 Å². The molecule has 1 rings (SSSR count). The minimum Gasteiger partial charge on any atom is -0.362 e. The third-order valence-electron chi connectivity index (χ3n) is 1.96. The van der Waals surface area contributed by atoms with Gasteiger partial charge in [0.2, 0.25) is 0 Å². The van der Waals surface area contributed by atoms with Gasteiger partial charge in [-0.1, -0.05) is 19.9 Å². The van der Waals surface area contributed by atoms with Gasteiger partial charge in [0, 0.05) is 13.1 Å². The molecule has 1 aliphatic heterocycles. The Labute approximate surface area is 68.8 Å². The van der Waals surface area contributed by atoms with Crippen LogP contribution in [0, 0.1) is 5.92 Å². The fraction of sp³-hybridized carbons (Fsp3) is 0.778. The average Bonchev–Trinajstić information content (AvgIpc) is 2.36. The van der Waals surface area contributed by atoms with Gasteiger partial charge in [-0.15, -0.1) is 6.58 Å². The van der Waals surface area contributed by atoms with E-state index in [1.54, 1.807) is 0 Å². The lowest BCUT2D eigenvalue weighted by Gasteiger charge is -2.24. The van der Waals surface area contributed by atoms with Crippen molar-refractivity contribution >= 4 is 0 Å². The van der Waals surface area contributed by atoms with Crippen LogP contribution in [0.2, 0.25) is 0 Å². The molecule has 2 heteroatoms. The molecule has 2 nitrogen and oxygen atoms in total. The van der Waals surface area contributed by atoms with E-state index in [4.69, 9.17) is 4.74 Å². The maximum Gasteiger partial charge on any atom is 0.113 e. The summed E-state index contributed by atoms with van der Waals surface area (Å²) in [5.74, 6) is 0.581. The summed E-state index contributed by atoms with van der Waals surface area (Å²) in [5.41, 5.74) is 0. The van der Waals surface area contributed by atoms with Crippen molar-refractivity contribution in [2.24, 2.45) is 5.92 Å². The largest absolute Gasteiger partial charge is 0.362 e. The quantitative estimate of drug-likeness (QED) is 0.572. The summed E-state index contributed by atoms with van der Waals surface area (Å²) in [4.78, 5) is 2.32. The van der Waals surface area contributed by atoms with E-state index in [1.807, 2.05) is 6.08 Å². The second-order valence-electron chi connectivity index (χ2n) is 3.29. The van der Waals surface area contributed by atoms with Crippen LogP contribution in [0.3, 0.4) is 0 Å². The van der Waals surface area contributed by atoms with Gasteiger partial charge in [-0.05, 0) is 5.92 Å². The highest BCUT2D eigenvalue weighted by molar-refractivity contribution is 4.79. The smallest absolute Gasteiger partial charge is 0.113 e. The fourth-order valence-corrected chi connectivity index (χ4v) is 1.50. The van der Waals surface area contributed by atoms with Crippen LogP contribution in [-0.2, 0) is 4.74 Å². The topological polar surface area (TPSA) is 12.5 Å². The molecule has 0 aromatic heterocycles. The molecule has 1 atom stereocenters. The molecular formula is C9H17NO. The molecule has 0 bridgehead atoms. The Bertz CT molecular complexity index is 134. The summed E-state index contributed by atoms with van der Waals surface area (Å²) in [5, 5.41) is 0. The highest BCUT2D eigenvalue weighted by Crippen LogP contribution is 2.17. The van der Waals surface area contributed by atoms with Crippen LogP contribution in [-0.4, -0.2) is 30.8 Å². The Morgan fingerprint density at radius 3 is 3.00 bits per heavy atom. The maximum absolute atomic E-state index is 5.56.